The number of rotatable bonds is 3. The van der Waals surface area contributed by atoms with Gasteiger partial charge < -0.3 is 10.4 Å². The number of hydrogen-bond donors (Lipinski definition) is 2. The van der Waals surface area contributed by atoms with Crippen molar-refractivity contribution >= 4 is 5.91 Å². The minimum Gasteiger partial charge on any atom is -0.388 e. The lowest BCUT2D eigenvalue weighted by Gasteiger charge is -2.34. The lowest BCUT2D eigenvalue weighted by atomic mass is 9.79. The molecule has 0 aromatic carbocycles. The van der Waals surface area contributed by atoms with Crippen molar-refractivity contribution in [2.45, 2.75) is 38.2 Å². The minimum absolute atomic E-state index is 0.0350. The zero-order valence-corrected chi connectivity index (χ0v) is 11.0. The molecule has 1 fully saturated rings. The third-order valence-electron chi connectivity index (χ3n) is 3.73. The van der Waals surface area contributed by atoms with Gasteiger partial charge in [-0.2, -0.15) is 4.39 Å². The van der Waals surface area contributed by atoms with Gasteiger partial charge in [0.05, 0.1) is 5.60 Å². The fourth-order valence-corrected chi connectivity index (χ4v) is 2.35. The molecule has 1 amide bonds. The van der Waals surface area contributed by atoms with Crippen molar-refractivity contribution in [2.75, 3.05) is 6.54 Å². The fourth-order valence-electron chi connectivity index (χ4n) is 2.35. The Labute approximate surface area is 112 Å². The van der Waals surface area contributed by atoms with E-state index in [2.05, 4.69) is 17.2 Å². The van der Waals surface area contributed by atoms with Crippen LogP contribution in [0, 0.1) is 11.9 Å². The molecule has 1 heterocycles. The highest BCUT2D eigenvalue weighted by molar-refractivity contribution is 5.92. The van der Waals surface area contributed by atoms with Crippen molar-refractivity contribution in [2.24, 2.45) is 5.92 Å². The molecule has 0 atom stereocenters. The van der Waals surface area contributed by atoms with Gasteiger partial charge in [-0.1, -0.05) is 13.0 Å². The van der Waals surface area contributed by atoms with E-state index in [4.69, 9.17) is 0 Å². The summed E-state index contributed by atoms with van der Waals surface area (Å²) in [5.74, 6) is -0.509. The number of carbonyl (C=O) groups is 1. The van der Waals surface area contributed by atoms with E-state index < -0.39 is 17.5 Å². The van der Waals surface area contributed by atoms with Gasteiger partial charge in [0.25, 0.3) is 5.91 Å². The number of nitrogens with one attached hydrogen (secondary N) is 1. The Kier molecular flexibility index (Phi) is 4.14. The van der Waals surface area contributed by atoms with E-state index in [0.29, 0.717) is 18.8 Å². The van der Waals surface area contributed by atoms with Crippen molar-refractivity contribution in [3.05, 3.63) is 29.8 Å². The summed E-state index contributed by atoms with van der Waals surface area (Å²) >= 11 is 0. The summed E-state index contributed by atoms with van der Waals surface area (Å²) in [6, 6.07) is 4.08. The molecular weight excluding hydrogens is 247 g/mol. The molecule has 19 heavy (non-hydrogen) atoms. The number of nitrogens with zero attached hydrogens (tertiary/aromatic N) is 1. The molecule has 4 nitrogen and oxygen atoms in total. The van der Waals surface area contributed by atoms with Gasteiger partial charge in [0.15, 0.2) is 0 Å². The maximum atomic E-state index is 12.9. The van der Waals surface area contributed by atoms with E-state index in [-0.39, 0.29) is 12.2 Å². The van der Waals surface area contributed by atoms with Crippen molar-refractivity contribution in [3.63, 3.8) is 0 Å². The van der Waals surface area contributed by atoms with E-state index in [9.17, 15) is 14.3 Å². The Hall–Kier alpha value is -1.49. The molecule has 0 unspecified atom stereocenters. The van der Waals surface area contributed by atoms with Crippen LogP contribution in [0.15, 0.2) is 18.2 Å². The van der Waals surface area contributed by atoms with Gasteiger partial charge in [-0.15, -0.1) is 0 Å². The summed E-state index contributed by atoms with van der Waals surface area (Å²) in [6.45, 7) is 2.35. The maximum absolute atomic E-state index is 12.9. The Morgan fingerprint density at radius 3 is 2.84 bits per heavy atom. The van der Waals surface area contributed by atoms with Crippen molar-refractivity contribution in [3.8, 4) is 0 Å². The summed E-state index contributed by atoms with van der Waals surface area (Å²) in [7, 11) is 0. The predicted molar refractivity (Wildman–Crippen MR) is 69.1 cm³/mol. The molecule has 0 spiro atoms. The molecule has 2 N–H and O–H groups in total. The molecule has 0 bridgehead atoms. The highest BCUT2D eigenvalue weighted by atomic mass is 19.1. The highest BCUT2D eigenvalue weighted by Gasteiger charge is 2.32. The molecular formula is C14H19FN2O2. The predicted octanol–water partition coefficient (Wildman–Crippen LogP) is 1.89. The van der Waals surface area contributed by atoms with Crippen LogP contribution in [0.25, 0.3) is 0 Å². The second-order valence-electron chi connectivity index (χ2n) is 5.44. The van der Waals surface area contributed by atoms with Crippen LogP contribution in [-0.4, -0.2) is 28.1 Å². The number of aromatic nitrogens is 1. The average molecular weight is 266 g/mol. The molecule has 104 valence electrons. The second kappa shape index (κ2) is 5.65. The summed E-state index contributed by atoms with van der Waals surface area (Å²) in [4.78, 5) is 15.3. The molecule has 1 aliphatic carbocycles. The largest absolute Gasteiger partial charge is 0.388 e. The number of hydrogen-bond acceptors (Lipinski definition) is 3. The Morgan fingerprint density at radius 1 is 1.53 bits per heavy atom. The smallest absolute Gasteiger partial charge is 0.270 e. The van der Waals surface area contributed by atoms with Crippen molar-refractivity contribution in [1.29, 1.82) is 0 Å². The number of carbonyl (C=O) groups excluding carboxylic acids is 1. The third-order valence-corrected chi connectivity index (χ3v) is 3.73. The van der Waals surface area contributed by atoms with Crippen molar-refractivity contribution in [1.82, 2.24) is 10.3 Å². The molecule has 0 saturated heterocycles. The standard InChI is InChI=1S/C14H19FN2O2/c1-10-5-7-14(19,8-6-10)9-16-13(18)11-3-2-4-12(15)17-11/h2-4,10,19H,5-9H2,1H3,(H,16,18). The Morgan fingerprint density at radius 2 is 2.21 bits per heavy atom. The summed E-state index contributed by atoms with van der Waals surface area (Å²) in [6.07, 6.45) is 3.30. The molecule has 1 aromatic rings. The summed E-state index contributed by atoms with van der Waals surface area (Å²) in [5.41, 5.74) is -0.803. The lowest BCUT2D eigenvalue weighted by Crippen LogP contribution is -2.45. The van der Waals surface area contributed by atoms with Gasteiger partial charge in [0, 0.05) is 6.54 Å². The first-order valence-corrected chi connectivity index (χ1v) is 6.62. The Balaban J connectivity index is 1.90. The topological polar surface area (TPSA) is 62.2 Å². The number of pyridine rings is 1. The van der Waals surface area contributed by atoms with Gasteiger partial charge in [-0.25, -0.2) is 4.98 Å². The van der Waals surface area contributed by atoms with E-state index in [1.807, 2.05) is 0 Å². The molecule has 1 saturated carbocycles. The number of halogens is 1. The zero-order valence-electron chi connectivity index (χ0n) is 11.0. The van der Waals surface area contributed by atoms with Crippen molar-refractivity contribution < 1.29 is 14.3 Å². The molecule has 5 heteroatoms. The molecule has 1 aliphatic rings. The van der Waals surface area contributed by atoms with Gasteiger partial charge in [-0.05, 0) is 43.7 Å². The Bertz CT molecular complexity index is 457. The fraction of sp³-hybridized carbons (Fsp3) is 0.571. The summed E-state index contributed by atoms with van der Waals surface area (Å²) in [5, 5.41) is 13.0. The van der Waals surface area contributed by atoms with E-state index in [0.717, 1.165) is 12.8 Å². The van der Waals surface area contributed by atoms with E-state index in [1.165, 1.54) is 18.2 Å². The van der Waals surface area contributed by atoms with E-state index >= 15 is 0 Å². The maximum Gasteiger partial charge on any atom is 0.270 e. The van der Waals surface area contributed by atoms with Crippen LogP contribution in [0.4, 0.5) is 4.39 Å². The molecule has 2 rings (SSSR count). The monoisotopic (exact) mass is 266 g/mol. The van der Waals surface area contributed by atoms with Crippen LogP contribution in [-0.2, 0) is 0 Å². The van der Waals surface area contributed by atoms with Gasteiger partial charge in [-0.3, -0.25) is 4.79 Å². The van der Waals surface area contributed by atoms with Crippen LogP contribution in [0.3, 0.4) is 0 Å². The first-order valence-electron chi connectivity index (χ1n) is 6.62. The average Bonchev–Trinajstić information content (AvgIpc) is 2.40. The van der Waals surface area contributed by atoms with E-state index in [1.54, 1.807) is 0 Å². The van der Waals surface area contributed by atoms with Crippen LogP contribution >= 0.6 is 0 Å². The van der Waals surface area contributed by atoms with Crippen LogP contribution in [0.2, 0.25) is 0 Å². The quantitative estimate of drug-likeness (QED) is 0.821. The van der Waals surface area contributed by atoms with Crippen LogP contribution in [0.1, 0.15) is 43.1 Å². The van der Waals surface area contributed by atoms with Gasteiger partial charge >= 0.3 is 0 Å². The van der Waals surface area contributed by atoms with Crippen LogP contribution < -0.4 is 5.32 Å². The first-order chi connectivity index (χ1) is 8.98. The lowest BCUT2D eigenvalue weighted by molar-refractivity contribution is -0.00544. The number of aliphatic hydroxyl groups is 1. The SMILES string of the molecule is CC1CCC(O)(CNC(=O)c2cccc(F)n2)CC1. The first kappa shape index (κ1) is 13.9. The normalized spacial score (nSPS) is 27.0. The molecule has 0 radical (unpaired) electrons. The zero-order chi connectivity index (χ0) is 13.9. The van der Waals surface area contributed by atoms with Crippen LogP contribution in [0.5, 0.6) is 0 Å². The van der Waals surface area contributed by atoms with Gasteiger partial charge in [0.2, 0.25) is 5.95 Å². The molecule has 0 aliphatic heterocycles. The van der Waals surface area contributed by atoms with Gasteiger partial charge in [0.1, 0.15) is 5.69 Å². The molecule has 1 aromatic heterocycles. The highest BCUT2D eigenvalue weighted by Crippen LogP contribution is 2.31. The summed E-state index contributed by atoms with van der Waals surface area (Å²) < 4.78 is 12.9. The third kappa shape index (κ3) is 3.73. The minimum atomic E-state index is -0.838. The second-order valence-corrected chi connectivity index (χ2v) is 5.44. The number of amides is 1.